The van der Waals surface area contributed by atoms with Crippen molar-refractivity contribution in [2.45, 2.75) is 56.6 Å². The van der Waals surface area contributed by atoms with Gasteiger partial charge < -0.3 is 24.1 Å². The van der Waals surface area contributed by atoms with E-state index in [1.165, 1.54) is 13.0 Å². The van der Waals surface area contributed by atoms with E-state index in [0.29, 0.717) is 5.57 Å². The Balaban J connectivity index is 1.68. The van der Waals surface area contributed by atoms with E-state index in [-0.39, 0.29) is 18.3 Å². The summed E-state index contributed by atoms with van der Waals surface area (Å²) in [6.45, 7) is 7.93. The van der Waals surface area contributed by atoms with Crippen LogP contribution in [0.1, 0.15) is 27.7 Å². The normalized spacial score (nSPS) is 26.8. The molecule has 1 aliphatic heterocycles. The Bertz CT molecular complexity index is 977. The van der Waals surface area contributed by atoms with Gasteiger partial charge in [0.25, 0.3) is 8.32 Å². The van der Waals surface area contributed by atoms with E-state index in [2.05, 4.69) is 45.0 Å². The molecule has 2 aromatic rings. The minimum Gasteiger partial charge on any atom is -0.461 e. The van der Waals surface area contributed by atoms with Crippen molar-refractivity contribution >= 4 is 24.7 Å². The lowest BCUT2D eigenvalue weighted by atomic mass is 9.86. The lowest BCUT2D eigenvalue weighted by molar-refractivity contribution is -0.140. The first-order chi connectivity index (χ1) is 15.6. The quantitative estimate of drug-likeness (QED) is 0.279. The van der Waals surface area contributed by atoms with Gasteiger partial charge in [-0.25, -0.2) is 0 Å². The van der Waals surface area contributed by atoms with Crippen molar-refractivity contribution in [3.05, 3.63) is 72.3 Å². The Hall–Kier alpha value is -2.29. The van der Waals surface area contributed by atoms with Crippen molar-refractivity contribution in [2.24, 2.45) is 0 Å². The van der Waals surface area contributed by atoms with Crippen molar-refractivity contribution in [3.8, 4) is 0 Å². The number of carbonyl (C=O) groups is 1. The Labute approximate surface area is 195 Å². The van der Waals surface area contributed by atoms with E-state index in [9.17, 15) is 15.0 Å². The van der Waals surface area contributed by atoms with Crippen molar-refractivity contribution in [3.63, 3.8) is 0 Å². The minimum atomic E-state index is -2.82. The molecule has 2 aromatic carbocycles. The molecule has 0 aromatic heterocycles. The summed E-state index contributed by atoms with van der Waals surface area (Å²) >= 11 is 0. The minimum absolute atomic E-state index is 0.0704. The van der Waals surface area contributed by atoms with Gasteiger partial charge in [0.05, 0.1) is 6.61 Å². The lowest BCUT2D eigenvalue weighted by Crippen LogP contribution is -2.67. The van der Waals surface area contributed by atoms with Crippen LogP contribution in [-0.2, 0) is 18.7 Å². The average molecular weight is 469 g/mol. The third kappa shape index (κ3) is 4.20. The summed E-state index contributed by atoms with van der Waals surface area (Å²) < 4.78 is 17.9. The zero-order valence-electron chi connectivity index (χ0n) is 19.5. The smallest absolute Gasteiger partial charge is 0.302 e. The molecule has 4 atom stereocenters. The van der Waals surface area contributed by atoms with Crippen LogP contribution in [0.3, 0.4) is 0 Å². The van der Waals surface area contributed by atoms with Crippen LogP contribution in [0.2, 0.25) is 5.04 Å². The van der Waals surface area contributed by atoms with Crippen LogP contribution in [-0.4, -0.2) is 61.6 Å². The Morgan fingerprint density at radius 1 is 1.03 bits per heavy atom. The van der Waals surface area contributed by atoms with Crippen LogP contribution < -0.4 is 10.4 Å². The van der Waals surface area contributed by atoms with Gasteiger partial charge in [-0.1, -0.05) is 81.4 Å². The molecule has 6 nitrogen and oxygen atoms in total. The number of epoxide rings is 1. The van der Waals surface area contributed by atoms with Gasteiger partial charge in [-0.15, -0.1) is 0 Å². The third-order valence-electron chi connectivity index (χ3n) is 6.68. The average Bonchev–Trinajstić information content (AvgIpc) is 3.53. The first-order valence-electron chi connectivity index (χ1n) is 11.2. The number of ether oxygens (including phenoxy) is 2. The Morgan fingerprint density at radius 3 is 2.06 bits per heavy atom. The Morgan fingerprint density at radius 2 is 1.58 bits per heavy atom. The zero-order valence-corrected chi connectivity index (χ0v) is 20.5. The van der Waals surface area contributed by atoms with Gasteiger partial charge in [-0.3, -0.25) is 4.79 Å². The second-order valence-electron chi connectivity index (χ2n) is 9.86. The van der Waals surface area contributed by atoms with Crippen LogP contribution in [0, 0.1) is 0 Å². The molecule has 0 spiro atoms. The molecule has 0 unspecified atom stereocenters. The fourth-order valence-corrected chi connectivity index (χ4v) is 9.51. The maximum atomic E-state index is 11.2. The summed E-state index contributed by atoms with van der Waals surface area (Å²) in [5.41, 5.74) is -0.576. The highest BCUT2D eigenvalue weighted by molar-refractivity contribution is 6.99. The van der Waals surface area contributed by atoms with Gasteiger partial charge in [-0.05, 0) is 27.1 Å². The largest absolute Gasteiger partial charge is 0.461 e. The number of esters is 1. The van der Waals surface area contributed by atoms with E-state index in [1.807, 2.05) is 36.4 Å². The summed E-state index contributed by atoms with van der Waals surface area (Å²) in [5, 5.41) is 23.8. The molecule has 0 amide bonds. The Kier molecular flexibility index (Phi) is 6.37. The van der Waals surface area contributed by atoms with Gasteiger partial charge in [0.2, 0.25) is 0 Å². The molecule has 0 radical (unpaired) electrons. The molecule has 1 fully saturated rings. The second kappa shape index (κ2) is 8.81. The van der Waals surface area contributed by atoms with Crippen molar-refractivity contribution in [2.75, 3.05) is 13.2 Å². The molecule has 0 bridgehead atoms. The predicted octanol–water partition coefficient (Wildman–Crippen LogP) is 1.93. The first kappa shape index (κ1) is 23.9. The molecule has 1 saturated heterocycles. The summed E-state index contributed by atoms with van der Waals surface area (Å²) in [5.74, 6) is -0.443. The molecule has 2 N–H and O–H groups in total. The van der Waals surface area contributed by atoms with E-state index in [0.717, 1.165) is 10.4 Å². The highest BCUT2D eigenvalue weighted by Crippen LogP contribution is 2.49. The molecule has 0 saturated carbocycles. The SMILES string of the molecule is CC(=O)OCC1=C[C@H](O)[C@@]2(CO[Si](c3ccccc3)(c3ccccc3)C(C)(C)C)O[C@H]2[C@@H]1O. The van der Waals surface area contributed by atoms with Crippen molar-refractivity contribution < 1.29 is 28.9 Å². The van der Waals surface area contributed by atoms with Crippen LogP contribution in [0.4, 0.5) is 0 Å². The molecule has 7 heteroatoms. The summed E-state index contributed by atoms with van der Waals surface area (Å²) in [4.78, 5) is 11.2. The lowest BCUT2D eigenvalue weighted by Gasteiger charge is -2.44. The molecular formula is C26H32O6Si. The number of fused-ring (bicyclic) bond motifs is 1. The van der Waals surface area contributed by atoms with Gasteiger partial charge in [0, 0.05) is 6.92 Å². The van der Waals surface area contributed by atoms with E-state index in [1.54, 1.807) is 0 Å². The number of aliphatic hydroxyl groups excluding tert-OH is 2. The zero-order chi connectivity index (χ0) is 23.9. The van der Waals surface area contributed by atoms with Crippen molar-refractivity contribution in [1.29, 1.82) is 0 Å². The maximum Gasteiger partial charge on any atom is 0.302 e. The summed E-state index contributed by atoms with van der Waals surface area (Å²) in [7, 11) is -2.82. The monoisotopic (exact) mass is 468 g/mol. The van der Waals surface area contributed by atoms with Gasteiger partial charge in [0.1, 0.15) is 30.5 Å². The van der Waals surface area contributed by atoms with Gasteiger partial charge in [-0.2, -0.15) is 0 Å². The first-order valence-corrected chi connectivity index (χ1v) is 13.2. The maximum absolute atomic E-state index is 11.2. The molecule has 4 rings (SSSR count). The molecule has 1 aliphatic carbocycles. The third-order valence-corrected chi connectivity index (χ3v) is 11.7. The standard InChI is InChI=1S/C26H32O6Si/c1-18(27)30-16-19-15-22(28)26(24(32-26)23(19)29)17-31-33(25(2,3)4,20-11-7-5-8-12-20)21-13-9-6-10-14-21/h5-15,22-24,28-29H,16-17H2,1-4H3/t22-,23+,24-,26+/m0/s1. The fourth-order valence-electron chi connectivity index (χ4n) is 4.91. The van der Waals surface area contributed by atoms with Gasteiger partial charge >= 0.3 is 5.97 Å². The molecule has 1 heterocycles. The van der Waals surface area contributed by atoms with Gasteiger partial charge in [0.15, 0.2) is 0 Å². The van der Waals surface area contributed by atoms with E-state index in [4.69, 9.17) is 13.9 Å². The number of aliphatic hydroxyl groups is 2. The van der Waals surface area contributed by atoms with E-state index >= 15 is 0 Å². The molecular weight excluding hydrogens is 436 g/mol. The van der Waals surface area contributed by atoms with Crippen LogP contribution in [0.15, 0.2) is 72.3 Å². The summed E-state index contributed by atoms with van der Waals surface area (Å²) in [6, 6.07) is 20.5. The number of rotatable bonds is 7. The molecule has 2 aliphatic rings. The molecule has 176 valence electrons. The summed E-state index contributed by atoms with van der Waals surface area (Å²) in [6.07, 6.45) is -1.02. The fraction of sp³-hybridized carbons (Fsp3) is 0.423. The van der Waals surface area contributed by atoms with Crippen molar-refractivity contribution in [1.82, 2.24) is 0 Å². The number of carbonyl (C=O) groups excluding carboxylic acids is 1. The van der Waals surface area contributed by atoms with Crippen LogP contribution in [0.25, 0.3) is 0 Å². The highest BCUT2D eigenvalue weighted by Gasteiger charge is 2.68. The number of benzene rings is 2. The predicted molar refractivity (Wildman–Crippen MR) is 128 cm³/mol. The molecule has 33 heavy (non-hydrogen) atoms. The number of hydrogen-bond acceptors (Lipinski definition) is 6. The van der Waals surface area contributed by atoms with E-state index < -0.39 is 38.2 Å². The highest BCUT2D eigenvalue weighted by atomic mass is 28.4. The topological polar surface area (TPSA) is 88.5 Å². The number of hydrogen-bond donors (Lipinski definition) is 2. The second-order valence-corrected chi connectivity index (χ2v) is 14.2. The van der Waals surface area contributed by atoms with Crippen LogP contribution >= 0.6 is 0 Å². The van der Waals surface area contributed by atoms with Crippen LogP contribution in [0.5, 0.6) is 0 Å².